The highest BCUT2D eigenvalue weighted by atomic mass is 19.1. The van der Waals surface area contributed by atoms with Crippen molar-refractivity contribution in [1.82, 2.24) is 5.32 Å². The van der Waals surface area contributed by atoms with Crippen LogP contribution in [0.5, 0.6) is 0 Å². The van der Waals surface area contributed by atoms with E-state index in [0.717, 1.165) is 25.3 Å². The maximum atomic E-state index is 12.6. The highest BCUT2D eigenvalue weighted by molar-refractivity contribution is 5.45. The zero-order valence-electron chi connectivity index (χ0n) is 8.76. The molecule has 0 bridgehead atoms. The standard InChI is InChI=1S/C11H17FN2/c1-3-13-8-9-14(2)11-6-4-10(12)5-7-11/h4-7,13H,3,8-9H2,1-2H3. The number of nitrogens with one attached hydrogen (secondary N) is 1. The molecule has 1 N–H and O–H groups in total. The zero-order chi connectivity index (χ0) is 10.4. The third-order valence-electron chi connectivity index (χ3n) is 2.14. The summed E-state index contributed by atoms with van der Waals surface area (Å²) in [6.45, 7) is 4.94. The Labute approximate surface area is 84.7 Å². The van der Waals surface area contributed by atoms with Gasteiger partial charge >= 0.3 is 0 Å². The van der Waals surface area contributed by atoms with Crippen molar-refractivity contribution < 1.29 is 4.39 Å². The number of benzene rings is 1. The van der Waals surface area contributed by atoms with Gasteiger partial charge in [0.25, 0.3) is 0 Å². The summed E-state index contributed by atoms with van der Waals surface area (Å²) in [7, 11) is 2.00. The Hall–Kier alpha value is -1.09. The maximum absolute atomic E-state index is 12.6. The normalized spacial score (nSPS) is 10.2. The number of rotatable bonds is 5. The van der Waals surface area contributed by atoms with Crippen molar-refractivity contribution in [2.45, 2.75) is 6.92 Å². The van der Waals surface area contributed by atoms with E-state index < -0.39 is 0 Å². The van der Waals surface area contributed by atoms with Gasteiger partial charge < -0.3 is 10.2 Å². The molecule has 0 saturated heterocycles. The van der Waals surface area contributed by atoms with Crippen molar-refractivity contribution in [1.29, 1.82) is 0 Å². The van der Waals surface area contributed by atoms with Gasteiger partial charge in [-0.05, 0) is 30.8 Å². The number of anilines is 1. The fourth-order valence-electron chi connectivity index (χ4n) is 1.25. The molecule has 14 heavy (non-hydrogen) atoms. The Kier molecular flexibility index (Phi) is 4.40. The molecule has 0 saturated carbocycles. The predicted molar refractivity (Wildman–Crippen MR) is 58.2 cm³/mol. The lowest BCUT2D eigenvalue weighted by Crippen LogP contribution is -2.28. The van der Waals surface area contributed by atoms with Gasteiger partial charge in [0.05, 0.1) is 0 Å². The van der Waals surface area contributed by atoms with Crippen molar-refractivity contribution in [3.05, 3.63) is 30.1 Å². The lowest BCUT2D eigenvalue weighted by atomic mass is 10.3. The molecule has 0 heterocycles. The summed E-state index contributed by atoms with van der Waals surface area (Å²) in [5.74, 6) is -0.186. The van der Waals surface area contributed by atoms with E-state index in [0.29, 0.717) is 0 Å². The van der Waals surface area contributed by atoms with E-state index in [4.69, 9.17) is 0 Å². The molecule has 0 radical (unpaired) electrons. The highest BCUT2D eigenvalue weighted by Gasteiger charge is 1.99. The van der Waals surface area contributed by atoms with E-state index in [-0.39, 0.29) is 5.82 Å². The van der Waals surface area contributed by atoms with Gasteiger partial charge in [0.2, 0.25) is 0 Å². The molecule has 0 aromatic heterocycles. The van der Waals surface area contributed by atoms with Crippen LogP contribution in [0.4, 0.5) is 10.1 Å². The monoisotopic (exact) mass is 196 g/mol. The molecule has 0 aliphatic rings. The summed E-state index contributed by atoms with van der Waals surface area (Å²) in [5.41, 5.74) is 1.05. The van der Waals surface area contributed by atoms with Gasteiger partial charge in [-0.1, -0.05) is 6.92 Å². The summed E-state index contributed by atoms with van der Waals surface area (Å²) in [6, 6.07) is 6.56. The number of halogens is 1. The van der Waals surface area contributed by atoms with E-state index in [1.165, 1.54) is 12.1 Å². The van der Waals surface area contributed by atoms with Crippen LogP contribution in [0.25, 0.3) is 0 Å². The van der Waals surface area contributed by atoms with Crippen molar-refractivity contribution in [2.24, 2.45) is 0 Å². The van der Waals surface area contributed by atoms with Gasteiger partial charge in [-0.3, -0.25) is 0 Å². The van der Waals surface area contributed by atoms with Crippen molar-refractivity contribution >= 4 is 5.69 Å². The second kappa shape index (κ2) is 5.60. The first kappa shape index (κ1) is 11.0. The van der Waals surface area contributed by atoms with Crippen LogP contribution >= 0.6 is 0 Å². The Morgan fingerprint density at radius 1 is 1.29 bits per heavy atom. The zero-order valence-corrected chi connectivity index (χ0v) is 8.76. The van der Waals surface area contributed by atoms with E-state index in [1.54, 1.807) is 12.1 Å². The lowest BCUT2D eigenvalue weighted by Gasteiger charge is -2.19. The molecular weight excluding hydrogens is 179 g/mol. The van der Waals surface area contributed by atoms with Crippen LogP contribution in [0, 0.1) is 5.82 Å². The molecule has 0 amide bonds. The first-order chi connectivity index (χ1) is 6.74. The highest BCUT2D eigenvalue weighted by Crippen LogP contribution is 2.11. The average molecular weight is 196 g/mol. The van der Waals surface area contributed by atoms with Crippen LogP contribution in [-0.4, -0.2) is 26.7 Å². The number of hydrogen-bond acceptors (Lipinski definition) is 2. The fraction of sp³-hybridized carbons (Fsp3) is 0.455. The van der Waals surface area contributed by atoms with Gasteiger partial charge in [0, 0.05) is 25.8 Å². The van der Waals surface area contributed by atoms with Crippen LogP contribution in [0.15, 0.2) is 24.3 Å². The molecule has 0 aliphatic heterocycles. The Bertz CT molecular complexity index is 258. The molecule has 0 spiro atoms. The SMILES string of the molecule is CCNCCN(C)c1ccc(F)cc1. The van der Waals surface area contributed by atoms with Crippen LogP contribution in [0.3, 0.4) is 0 Å². The van der Waals surface area contributed by atoms with Crippen LogP contribution in [0.1, 0.15) is 6.92 Å². The van der Waals surface area contributed by atoms with Gasteiger partial charge in [0.15, 0.2) is 0 Å². The largest absolute Gasteiger partial charge is 0.373 e. The minimum Gasteiger partial charge on any atom is -0.373 e. The summed E-state index contributed by atoms with van der Waals surface area (Å²) in [6.07, 6.45) is 0. The topological polar surface area (TPSA) is 15.3 Å². The minimum absolute atomic E-state index is 0.186. The second-order valence-corrected chi connectivity index (χ2v) is 3.25. The van der Waals surface area contributed by atoms with E-state index in [9.17, 15) is 4.39 Å². The molecule has 0 atom stereocenters. The quantitative estimate of drug-likeness (QED) is 0.723. The van der Waals surface area contributed by atoms with E-state index >= 15 is 0 Å². The molecule has 1 rings (SSSR count). The fourth-order valence-corrected chi connectivity index (χ4v) is 1.25. The molecule has 0 aliphatic carbocycles. The average Bonchev–Trinajstić information content (AvgIpc) is 2.19. The van der Waals surface area contributed by atoms with Crippen LogP contribution < -0.4 is 10.2 Å². The Balaban J connectivity index is 2.43. The van der Waals surface area contributed by atoms with Crippen molar-refractivity contribution in [2.75, 3.05) is 31.6 Å². The maximum Gasteiger partial charge on any atom is 0.123 e. The summed E-state index contributed by atoms with van der Waals surface area (Å²) >= 11 is 0. The first-order valence-corrected chi connectivity index (χ1v) is 4.91. The van der Waals surface area contributed by atoms with Gasteiger partial charge in [-0.25, -0.2) is 4.39 Å². The van der Waals surface area contributed by atoms with Crippen molar-refractivity contribution in [3.63, 3.8) is 0 Å². The number of nitrogens with zero attached hydrogens (tertiary/aromatic N) is 1. The number of likely N-dealkylation sites (N-methyl/N-ethyl adjacent to an activating group) is 2. The third-order valence-corrected chi connectivity index (χ3v) is 2.14. The molecule has 1 aromatic rings. The molecule has 2 nitrogen and oxygen atoms in total. The predicted octanol–water partition coefficient (Wildman–Crippen LogP) is 1.87. The third kappa shape index (κ3) is 3.34. The second-order valence-electron chi connectivity index (χ2n) is 3.25. The van der Waals surface area contributed by atoms with Gasteiger partial charge in [-0.2, -0.15) is 0 Å². The molecule has 3 heteroatoms. The number of hydrogen-bond donors (Lipinski definition) is 1. The molecule has 78 valence electrons. The first-order valence-electron chi connectivity index (χ1n) is 4.91. The molecule has 1 aromatic carbocycles. The minimum atomic E-state index is -0.186. The lowest BCUT2D eigenvalue weighted by molar-refractivity contribution is 0.627. The Morgan fingerprint density at radius 2 is 1.93 bits per heavy atom. The van der Waals surface area contributed by atoms with Crippen LogP contribution in [-0.2, 0) is 0 Å². The Morgan fingerprint density at radius 3 is 2.50 bits per heavy atom. The van der Waals surface area contributed by atoms with Crippen LogP contribution in [0.2, 0.25) is 0 Å². The summed E-state index contributed by atoms with van der Waals surface area (Å²) in [4.78, 5) is 2.10. The van der Waals surface area contributed by atoms with Crippen molar-refractivity contribution in [3.8, 4) is 0 Å². The summed E-state index contributed by atoms with van der Waals surface area (Å²) in [5, 5.41) is 3.24. The summed E-state index contributed by atoms with van der Waals surface area (Å²) < 4.78 is 12.6. The molecular formula is C11H17FN2. The van der Waals surface area contributed by atoms with E-state index in [2.05, 4.69) is 17.1 Å². The van der Waals surface area contributed by atoms with Gasteiger partial charge in [-0.15, -0.1) is 0 Å². The smallest absolute Gasteiger partial charge is 0.123 e. The molecule has 0 unspecified atom stereocenters. The van der Waals surface area contributed by atoms with E-state index in [1.807, 2.05) is 7.05 Å². The van der Waals surface area contributed by atoms with Gasteiger partial charge in [0.1, 0.15) is 5.82 Å². The molecule has 0 fully saturated rings.